The first-order valence-electron chi connectivity index (χ1n) is 5.86. The lowest BCUT2D eigenvalue weighted by Gasteiger charge is -2.06. The summed E-state index contributed by atoms with van der Waals surface area (Å²) in [5.41, 5.74) is 1.10. The number of anilines is 1. The van der Waals surface area contributed by atoms with Crippen molar-refractivity contribution in [1.29, 1.82) is 0 Å². The van der Waals surface area contributed by atoms with Gasteiger partial charge >= 0.3 is 0 Å². The first kappa shape index (κ1) is 14.2. The number of fused-ring (bicyclic) bond motifs is 1. The summed E-state index contributed by atoms with van der Waals surface area (Å²) < 4.78 is 0. The molecule has 108 valence electrons. The van der Waals surface area contributed by atoms with Crippen LogP contribution >= 0.6 is 34.8 Å². The molecule has 3 aromatic rings. The fourth-order valence-corrected chi connectivity index (χ4v) is 2.30. The highest BCUT2D eigenvalue weighted by atomic mass is 35.5. The summed E-state index contributed by atoms with van der Waals surface area (Å²) in [6, 6.07) is 5.26. The molecule has 0 saturated carbocycles. The van der Waals surface area contributed by atoms with E-state index in [0.29, 0.717) is 28.1 Å². The Labute approximate surface area is 133 Å². The molecule has 2 aromatic heterocycles. The van der Waals surface area contributed by atoms with Crippen molar-refractivity contribution in [2.24, 2.45) is 0 Å². The Bertz CT molecular complexity index is 873. The van der Waals surface area contributed by atoms with E-state index in [9.17, 15) is 4.79 Å². The zero-order chi connectivity index (χ0) is 15.0. The molecule has 2 heterocycles. The summed E-state index contributed by atoms with van der Waals surface area (Å²) in [4.78, 5) is 18.6. The van der Waals surface area contributed by atoms with Crippen molar-refractivity contribution in [2.45, 2.75) is 6.54 Å². The Morgan fingerprint density at radius 2 is 2.00 bits per heavy atom. The van der Waals surface area contributed by atoms with Crippen molar-refractivity contribution in [3.05, 3.63) is 49.3 Å². The van der Waals surface area contributed by atoms with Gasteiger partial charge in [0.25, 0.3) is 5.56 Å². The molecule has 0 radical (unpaired) electrons. The van der Waals surface area contributed by atoms with E-state index in [0.717, 1.165) is 5.56 Å². The first-order valence-corrected chi connectivity index (χ1v) is 6.99. The van der Waals surface area contributed by atoms with Crippen LogP contribution in [0.2, 0.25) is 15.2 Å². The molecule has 21 heavy (non-hydrogen) atoms. The summed E-state index contributed by atoms with van der Waals surface area (Å²) in [6.07, 6.45) is 0. The average molecular weight is 345 g/mol. The van der Waals surface area contributed by atoms with Crippen molar-refractivity contribution in [2.75, 3.05) is 5.32 Å². The molecular formula is C12H8Cl3N5O. The Morgan fingerprint density at radius 1 is 1.19 bits per heavy atom. The Balaban J connectivity index is 1.86. The fourth-order valence-electron chi connectivity index (χ4n) is 1.80. The third-order valence-corrected chi connectivity index (χ3v) is 3.83. The number of nitrogens with one attached hydrogen (secondary N) is 3. The van der Waals surface area contributed by atoms with Crippen LogP contribution in [0, 0.1) is 0 Å². The van der Waals surface area contributed by atoms with Gasteiger partial charge in [0.05, 0.1) is 10.0 Å². The normalized spacial score (nSPS) is 11.0. The van der Waals surface area contributed by atoms with E-state index in [-0.39, 0.29) is 16.2 Å². The van der Waals surface area contributed by atoms with Crippen LogP contribution in [0.25, 0.3) is 11.0 Å². The van der Waals surface area contributed by atoms with Gasteiger partial charge in [-0.3, -0.25) is 14.9 Å². The molecule has 1 aromatic carbocycles. The molecular weight excluding hydrogens is 337 g/mol. The molecule has 0 aliphatic carbocycles. The number of aromatic nitrogens is 4. The van der Waals surface area contributed by atoms with Gasteiger partial charge in [-0.2, -0.15) is 5.10 Å². The summed E-state index contributed by atoms with van der Waals surface area (Å²) in [5, 5.41) is 10.3. The third kappa shape index (κ3) is 2.83. The molecule has 9 heteroatoms. The number of H-pyrrole nitrogens is 2. The van der Waals surface area contributed by atoms with Gasteiger partial charge in [0, 0.05) is 6.54 Å². The second kappa shape index (κ2) is 5.55. The number of benzene rings is 1. The van der Waals surface area contributed by atoms with Gasteiger partial charge in [-0.05, 0) is 17.7 Å². The van der Waals surface area contributed by atoms with Crippen molar-refractivity contribution >= 4 is 51.8 Å². The van der Waals surface area contributed by atoms with E-state index >= 15 is 0 Å². The van der Waals surface area contributed by atoms with Gasteiger partial charge in [-0.15, -0.1) is 0 Å². The average Bonchev–Trinajstić information content (AvgIpc) is 2.83. The van der Waals surface area contributed by atoms with Crippen LogP contribution in [0.1, 0.15) is 5.56 Å². The van der Waals surface area contributed by atoms with Crippen LogP contribution in [-0.2, 0) is 6.54 Å². The molecule has 0 amide bonds. The zero-order valence-electron chi connectivity index (χ0n) is 10.4. The minimum atomic E-state index is -0.351. The molecule has 0 aliphatic rings. The summed E-state index contributed by atoms with van der Waals surface area (Å²) in [6.45, 7) is 0.417. The van der Waals surface area contributed by atoms with Crippen LogP contribution in [0.5, 0.6) is 0 Å². The molecule has 0 spiro atoms. The fraction of sp³-hybridized carbons (Fsp3) is 0.0833. The number of nitrogens with zero attached hydrogens (tertiary/aromatic N) is 2. The summed E-state index contributed by atoms with van der Waals surface area (Å²) >= 11 is 17.6. The monoisotopic (exact) mass is 343 g/mol. The molecule has 0 bridgehead atoms. The minimum Gasteiger partial charge on any atom is -0.352 e. The van der Waals surface area contributed by atoms with E-state index in [1.165, 1.54) is 0 Å². The highest BCUT2D eigenvalue weighted by Crippen LogP contribution is 2.23. The second-order valence-corrected chi connectivity index (χ2v) is 5.43. The van der Waals surface area contributed by atoms with Crippen molar-refractivity contribution < 1.29 is 0 Å². The molecule has 3 N–H and O–H groups in total. The van der Waals surface area contributed by atoms with Crippen molar-refractivity contribution in [3.63, 3.8) is 0 Å². The maximum Gasteiger partial charge on any atom is 0.278 e. The molecule has 0 atom stereocenters. The zero-order valence-corrected chi connectivity index (χ0v) is 12.6. The van der Waals surface area contributed by atoms with Crippen LogP contribution < -0.4 is 10.9 Å². The minimum absolute atomic E-state index is 0.147. The molecule has 0 saturated heterocycles. The quantitative estimate of drug-likeness (QED) is 0.681. The smallest absolute Gasteiger partial charge is 0.278 e. The molecule has 6 nitrogen and oxygen atoms in total. The van der Waals surface area contributed by atoms with E-state index < -0.39 is 0 Å². The highest BCUT2D eigenvalue weighted by Gasteiger charge is 2.10. The lowest BCUT2D eigenvalue weighted by molar-refractivity contribution is 1.05. The van der Waals surface area contributed by atoms with Crippen LogP contribution in [0.4, 0.5) is 5.95 Å². The summed E-state index contributed by atoms with van der Waals surface area (Å²) in [5.74, 6) is 0.293. The van der Waals surface area contributed by atoms with Gasteiger partial charge in [0.1, 0.15) is 5.52 Å². The van der Waals surface area contributed by atoms with Crippen LogP contribution in [0.3, 0.4) is 0 Å². The highest BCUT2D eigenvalue weighted by molar-refractivity contribution is 6.42. The first-order chi connectivity index (χ1) is 10.0. The lowest BCUT2D eigenvalue weighted by Crippen LogP contribution is -2.13. The number of rotatable bonds is 3. The predicted molar refractivity (Wildman–Crippen MR) is 83.3 cm³/mol. The Morgan fingerprint density at radius 3 is 2.76 bits per heavy atom. The van der Waals surface area contributed by atoms with Gasteiger partial charge in [0.2, 0.25) is 5.95 Å². The van der Waals surface area contributed by atoms with Gasteiger partial charge in [-0.25, -0.2) is 4.98 Å². The molecule has 0 aliphatic heterocycles. The summed E-state index contributed by atoms with van der Waals surface area (Å²) in [7, 11) is 0. The Kier molecular flexibility index (Phi) is 3.75. The maximum absolute atomic E-state index is 11.8. The van der Waals surface area contributed by atoms with Gasteiger partial charge < -0.3 is 5.32 Å². The lowest BCUT2D eigenvalue weighted by atomic mass is 10.2. The van der Waals surface area contributed by atoms with E-state index in [4.69, 9.17) is 34.8 Å². The SMILES string of the molecule is O=c1[nH]c(NCc2ccc(Cl)c(Cl)c2)nc2c(Cl)n[nH]c12. The number of hydrogen-bond donors (Lipinski definition) is 3. The third-order valence-electron chi connectivity index (χ3n) is 2.82. The predicted octanol–water partition coefficient (Wildman–Crippen LogP) is 3.22. The van der Waals surface area contributed by atoms with E-state index in [1.807, 2.05) is 6.07 Å². The van der Waals surface area contributed by atoms with Crippen LogP contribution in [0.15, 0.2) is 23.0 Å². The van der Waals surface area contributed by atoms with Gasteiger partial charge in [-0.1, -0.05) is 40.9 Å². The van der Waals surface area contributed by atoms with Crippen LogP contribution in [-0.4, -0.2) is 20.2 Å². The number of hydrogen-bond acceptors (Lipinski definition) is 4. The van der Waals surface area contributed by atoms with Crippen molar-refractivity contribution in [1.82, 2.24) is 20.2 Å². The maximum atomic E-state index is 11.8. The largest absolute Gasteiger partial charge is 0.352 e. The van der Waals surface area contributed by atoms with E-state index in [1.54, 1.807) is 12.1 Å². The van der Waals surface area contributed by atoms with Gasteiger partial charge in [0.15, 0.2) is 10.7 Å². The standard InChI is InChI=1S/C12H8Cl3N5O/c13-6-2-1-5(3-7(6)14)4-16-12-17-8-9(11(21)18-12)19-20-10(8)15/h1-3H,4H2,(H,19,20)(H2,16,17,18,21). The topological polar surface area (TPSA) is 86.5 Å². The van der Waals surface area contributed by atoms with E-state index in [2.05, 4.69) is 25.5 Å². The number of aromatic amines is 2. The number of halogens is 3. The Hall–Kier alpha value is -1.76. The molecule has 0 unspecified atom stereocenters. The molecule has 0 fully saturated rings. The van der Waals surface area contributed by atoms with Crippen molar-refractivity contribution in [3.8, 4) is 0 Å². The molecule has 3 rings (SSSR count). The second-order valence-electron chi connectivity index (χ2n) is 4.25.